The molecule has 2 aromatic heterocycles. The zero-order chi connectivity index (χ0) is 17.6. The number of carbonyl (C=O) groups is 1. The van der Waals surface area contributed by atoms with Crippen LogP contribution in [0, 0.1) is 10.1 Å². The van der Waals surface area contributed by atoms with Crippen molar-refractivity contribution < 1.29 is 9.72 Å². The Morgan fingerprint density at radius 2 is 2.12 bits per heavy atom. The Labute approximate surface area is 143 Å². The van der Waals surface area contributed by atoms with Crippen LogP contribution in [0.1, 0.15) is 15.9 Å². The third-order valence-corrected chi connectivity index (χ3v) is 3.55. The van der Waals surface area contributed by atoms with E-state index >= 15 is 0 Å². The number of hydrogen-bond acceptors (Lipinski definition) is 5. The van der Waals surface area contributed by atoms with Gasteiger partial charge in [-0.05, 0) is 23.8 Å². The number of benzene rings is 1. The van der Waals surface area contributed by atoms with Crippen LogP contribution in [0.15, 0.2) is 55.1 Å². The summed E-state index contributed by atoms with van der Waals surface area (Å²) in [6, 6.07) is 9.15. The molecule has 1 N–H and O–H groups in total. The largest absolute Gasteiger partial charge is 0.350 e. The Morgan fingerprint density at radius 3 is 2.84 bits per heavy atom. The number of aromatic nitrogens is 4. The van der Waals surface area contributed by atoms with E-state index in [-0.39, 0.29) is 11.6 Å². The minimum Gasteiger partial charge on any atom is -0.350 e. The van der Waals surface area contributed by atoms with Crippen LogP contribution in [0.5, 0.6) is 0 Å². The van der Waals surface area contributed by atoms with Crippen molar-refractivity contribution in [3.8, 4) is 0 Å². The molecule has 0 aliphatic carbocycles. The van der Waals surface area contributed by atoms with Crippen LogP contribution in [0.25, 0.3) is 0 Å². The average Bonchev–Trinajstić information content (AvgIpc) is 3.27. The van der Waals surface area contributed by atoms with Crippen molar-refractivity contribution in [2.24, 2.45) is 0 Å². The number of nitro groups is 1. The summed E-state index contributed by atoms with van der Waals surface area (Å²) in [4.78, 5) is 22.3. The summed E-state index contributed by atoms with van der Waals surface area (Å²) in [6.07, 6.45) is 6.07. The summed E-state index contributed by atoms with van der Waals surface area (Å²) in [5.41, 5.74) is 1.45. The van der Waals surface area contributed by atoms with Crippen molar-refractivity contribution in [3.05, 3.63) is 76.4 Å². The van der Waals surface area contributed by atoms with E-state index in [0.717, 1.165) is 5.56 Å². The van der Waals surface area contributed by atoms with Gasteiger partial charge in [-0.15, -0.1) is 0 Å². The fourth-order valence-corrected chi connectivity index (χ4v) is 2.35. The summed E-state index contributed by atoms with van der Waals surface area (Å²) in [5, 5.41) is 21.4. The van der Waals surface area contributed by atoms with E-state index in [1.54, 1.807) is 16.9 Å². The minimum absolute atomic E-state index is 0.0716. The van der Waals surface area contributed by atoms with E-state index in [0.29, 0.717) is 25.2 Å². The lowest BCUT2D eigenvalue weighted by molar-refractivity contribution is -0.385. The monoisotopic (exact) mass is 340 g/mol. The van der Waals surface area contributed by atoms with Crippen molar-refractivity contribution in [3.63, 3.8) is 0 Å². The summed E-state index contributed by atoms with van der Waals surface area (Å²) in [5.74, 6) is -0.205. The topological polar surface area (TPSA) is 108 Å². The molecule has 0 unspecified atom stereocenters. The predicted molar refractivity (Wildman–Crippen MR) is 89.0 cm³/mol. The molecule has 0 bridgehead atoms. The average molecular weight is 340 g/mol. The van der Waals surface area contributed by atoms with Crippen LogP contribution in [0.4, 0.5) is 5.69 Å². The van der Waals surface area contributed by atoms with Gasteiger partial charge in [0, 0.05) is 24.5 Å². The lowest BCUT2D eigenvalue weighted by Crippen LogP contribution is -2.27. The zero-order valence-electron chi connectivity index (χ0n) is 13.3. The van der Waals surface area contributed by atoms with Crippen LogP contribution < -0.4 is 5.32 Å². The summed E-state index contributed by atoms with van der Waals surface area (Å²) >= 11 is 0. The third-order valence-electron chi connectivity index (χ3n) is 3.55. The van der Waals surface area contributed by atoms with Gasteiger partial charge in [0.1, 0.15) is 12.4 Å². The fourth-order valence-electron chi connectivity index (χ4n) is 2.35. The quantitative estimate of drug-likeness (QED) is 0.517. The highest BCUT2D eigenvalue weighted by Crippen LogP contribution is 2.08. The Kier molecular flexibility index (Phi) is 4.84. The smallest absolute Gasteiger partial charge is 0.306 e. The van der Waals surface area contributed by atoms with Gasteiger partial charge in [0.2, 0.25) is 0 Å². The van der Waals surface area contributed by atoms with Crippen LogP contribution in [0.3, 0.4) is 0 Å². The van der Waals surface area contributed by atoms with Gasteiger partial charge in [0.05, 0.1) is 18.0 Å². The number of nitrogens with one attached hydrogen (secondary N) is 1. The van der Waals surface area contributed by atoms with Crippen molar-refractivity contribution in [2.75, 3.05) is 6.54 Å². The van der Waals surface area contributed by atoms with Crippen molar-refractivity contribution in [1.82, 2.24) is 24.9 Å². The highest BCUT2D eigenvalue weighted by molar-refractivity contribution is 5.94. The lowest BCUT2D eigenvalue weighted by atomic mass is 10.1. The molecule has 9 nitrogen and oxygen atoms in total. The highest BCUT2D eigenvalue weighted by Gasteiger charge is 2.09. The fraction of sp³-hybridized carbons (Fsp3) is 0.188. The molecule has 128 valence electrons. The van der Waals surface area contributed by atoms with E-state index in [1.165, 1.54) is 17.1 Å². The molecule has 0 aliphatic rings. The van der Waals surface area contributed by atoms with Gasteiger partial charge in [-0.2, -0.15) is 10.2 Å². The number of carbonyl (C=O) groups excluding carboxylic acids is 1. The zero-order valence-corrected chi connectivity index (χ0v) is 13.3. The summed E-state index contributed by atoms with van der Waals surface area (Å²) < 4.78 is 3.20. The molecule has 1 amide bonds. The number of amides is 1. The molecular weight excluding hydrogens is 324 g/mol. The van der Waals surface area contributed by atoms with Crippen LogP contribution in [-0.2, 0) is 13.1 Å². The molecule has 0 atom stereocenters. The molecule has 0 radical (unpaired) electrons. The first kappa shape index (κ1) is 16.4. The second-order valence-corrected chi connectivity index (χ2v) is 5.38. The first-order valence-corrected chi connectivity index (χ1v) is 7.63. The van der Waals surface area contributed by atoms with E-state index < -0.39 is 4.92 Å². The van der Waals surface area contributed by atoms with Crippen molar-refractivity contribution in [1.29, 1.82) is 0 Å². The number of nitrogens with zero attached hydrogens (tertiary/aromatic N) is 5. The van der Waals surface area contributed by atoms with Crippen LogP contribution >= 0.6 is 0 Å². The Balaban J connectivity index is 1.54. The molecular formula is C16H16N6O3. The third kappa shape index (κ3) is 4.28. The van der Waals surface area contributed by atoms with Crippen molar-refractivity contribution in [2.45, 2.75) is 13.1 Å². The Hall–Kier alpha value is -3.49. The molecule has 0 fully saturated rings. The molecule has 9 heteroatoms. The molecule has 2 heterocycles. The standard InChI is InChI=1S/C16H16N6O3/c23-16(17-6-8-21-12-15(10-19-21)22(24)25)14-4-1-3-13(9-14)11-20-7-2-5-18-20/h1-5,7,9-10,12H,6,8,11H2,(H,17,23). The van der Waals surface area contributed by atoms with Gasteiger partial charge >= 0.3 is 5.69 Å². The van der Waals surface area contributed by atoms with E-state index in [9.17, 15) is 14.9 Å². The molecule has 3 rings (SSSR count). The van der Waals surface area contributed by atoms with Gasteiger partial charge in [0.15, 0.2) is 0 Å². The highest BCUT2D eigenvalue weighted by atomic mass is 16.6. The van der Waals surface area contributed by atoms with Crippen molar-refractivity contribution >= 4 is 11.6 Å². The van der Waals surface area contributed by atoms with Crippen LogP contribution in [0.2, 0.25) is 0 Å². The summed E-state index contributed by atoms with van der Waals surface area (Å²) in [6.45, 7) is 1.26. The molecule has 0 aliphatic heterocycles. The van der Waals surface area contributed by atoms with E-state index in [1.807, 2.05) is 30.5 Å². The number of rotatable bonds is 7. The SMILES string of the molecule is O=C(NCCn1cc([N+](=O)[O-])cn1)c1cccc(Cn2cccn2)c1. The number of hydrogen-bond donors (Lipinski definition) is 1. The van der Waals surface area contributed by atoms with Gasteiger partial charge in [-0.3, -0.25) is 24.3 Å². The molecule has 0 spiro atoms. The molecule has 25 heavy (non-hydrogen) atoms. The second-order valence-electron chi connectivity index (χ2n) is 5.38. The normalized spacial score (nSPS) is 10.6. The van der Waals surface area contributed by atoms with E-state index in [4.69, 9.17) is 0 Å². The van der Waals surface area contributed by atoms with Gasteiger partial charge in [-0.25, -0.2) is 0 Å². The first-order valence-electron chi connectivity index (χ1n) is 7.63. The maximum atomic E-state index is 12.2. The predicted octanol–water partition coefficient (Wildman–Crippen LogP) is 1.47. The van der Waals surface area contributed by atoms with Crippen LogP contribution in [-0.4, -0.2) is 36.9 Å². The molecule has 0 saturated carbocycles. The van der Waals surface area contributed by atoms with Gasteiger partial charge < -0.3 is 5.32 Å². The van der Waals surface area contributed by atoms with Gasteiger partial charge in [-0.1, -0.05) is 12.1 Å². The first-order chi connectivity index (χ1) is 12.1. The minimum atomic E-state index is -0.507. The summed E-state index contributed by atoms with van der Waals surface area (Å²) in [7, 11) is 0. The maximum Gasteiger partial charge on any atom is 0.306 e. The molecule has 0 saturated heterocycles. The Bertz CT molecular complexity index is 872. The molecule has 1 aromatic carbocycles. The lowest BCUT2D eigenvalue weighted by Gasteiger charge is -2.07. The second kappa shape index (κ2) is 7.39. The van der Waals surface area contributed by atoms with E-state index in [2.05, 4.69) is 15.5 Å². The molecule has 3 aromatic rings. The Morgan fingerprint density at radius 1 is 1.24 bits per heavy atom. The maximum absolute atomic E-state index is 12.2. The van der Waals surface area contributed by atoms with Gasteiger partial charge in [0.25, 0.3) is 5.91 Å².